The number of halogens is 3. The highest BCUT2D eigenvalue weighted by Gasteiger charge is 2.30. The molecule has 0 spiro atoms. The zero-order chi connectivity index (χ0) is 14.0. The summed E-state index contributed by atoms with van der Waals surface area (Å²) in [4.78, 5) is 13.4. The number of amides is 1. The molecule has 6 heteroatoms. The van der Waals surface area contributed by atoms with E-state index in [9.17, 15) is 23.1 Å². The molecule has 0 aliphatic carbocycles. The number of aliphatic hydroxyl groups is 1. The molecule has 1 aromatic rings. The Kier molecular flexibility index (Phi) is 3.80. The Morgan fingerprint density at radius 1 is 1.32 bits per heavy atom. The summed E-state index contributed by atoms with van der Waals surface area (Å²) in [6.07, 6.45) is -4.23. The normalized spacial score (nSPS) is 19.8. The van der Waals surface area contributed by atoms with Gasteiger partial charge in [0.1, 0.15) is 0 Å². The topological polar surface area (TPSA) is 40.5 Å². The number of aliphatic hydroxyl groups excluding tert-OH is 1. The van der Waals surface area contributed by atoms with E-state index in [-0.39, 0.29) is 12.3 Å². The summed E-state index contributed by atoms with van der Waals surface area (Å²) in [5, 5.41) is 9.32. The van der Waals surface area contributed by atoms with Gasteiger partial charge in [0, 0.05) is 13.1 Å². The quantitative estimate of drug-likeness (QED) is 0.893. The second kappa shape index (κ2) is 5.21. The zero-order valence-electron chi connectivity index (χ0n) is 10.2. The van der Waals surface area contributed by atoms with Crippen LogP contribution in [0.1, 0.15) is 17.5 Å². The lowest BCUT2D eigenvalue weighted by Crippen LogP contribution is -2.30. The van der Waals surface area contributed by atoms with E-state index in [0.717, 1.165) is 12.1 Å². The van der Waals surface area contributed by atoms with Crippen molar-refractivity contribution in [3.05, 3.63) is 35.4 Å². The monoisotopic (exact) mass is 273 g/mol. The number of benzene rings is 1. The third kappa shape index (κ3) is 3.47. The van der Waals surface area contributed by atoms with Crippen LogP contribution in [0.3, 0.4) is 0 Å². The van der Waals surface area contributed by atoms with Gasteiger partial charge in [-0.2, -0.15) is 13.2 Å². The summed E-state index contributed by atoms with van der Waals surface area (Å²) in [5.41, 5.74) is -0.181. The molecular weight excluding hydrogens is 259 g/mol. The van der Waals surface area contributed by atoms with Gasteiger partial charge < -0.3 is 10.0 Å². The van der Waals surface area contributed by atoms with Gasteiger partial charge in [0.05, 0.1) is 18.1 Å². The Labute approximate surface area is 108 Å². The Hall–Kier alpha value is -1.56. The van der Waals surface area contributed by atoms with Crippen molar-refractivity contribution in [2.45, 2.75) is 25.1 Å². The summed E-state index contributed by atoms with van der Waals surface area (Å²) in [7, 11) is 0. The van der Waals surface area contributed by atoms with E-state index in [4.69, 9.17) is 0 Å². The molecular formula is C13H14F3NO2. The number of rotatable bonds is 2. The second-order valence-corrected chi connectivity index (χ2v) is 4.65. The molecule has 2 rings (SSSR count). The van der Waals surface area contributed by atoms with Gasteiger partial charge in [0.2, 0.25) is 5.91 Å². The van der Waals surface area contributed by atoms with Gasteiger partial charge in [-0.1, -0.05) is 12.1 Å². The van der Waals surface area contributed by atoms with Gasteiger partial charge >= 0.3 is 6.18 Å². The average molecular weight is 273 g/mol. The SMILES string of the molecule is O=C(Cc1ccc(C(F)(F)F)cc1)N1CC[C@@H](O)C1. The molecule has 104 valence electrons. The molecule has 0 aromatic heterocycles. The molecule has 1 aliphatic rings. The predicted octanol–water partition coefficient (Wildman–Crippen LogP) is 1.84. The van der Waals surface area contributed by atoms with Crippen LogP contribution >= 0.6 is 0 Å². The van der Waals surface area contributed by atoms with Crippen LogP contribution in [0.15, 0.2) is 24.3 Å². The van der Waals surface area contributed by atoms with E-state index >= 15 is 0 Å². The molecule has 1 amide bonds. The number of likely N-dealkylation sites (tertiary alicyclic amines) is 1. The fourth-order valence-electron chi connectivity index (χ4n) is 2.07. The van der Waals surface area contributed by atoms with Crippen molar-refractivity contribution < 1.29 is 23.1 Å². The molecule has 1 atom stereocenters. The molecule has 1 aromatic carbocycles. The van der Waals surface area contributed by atoms with E-state index in [1.807, 2.05) is 0 Å². The van der Waals surface area contributed by atoms with Crippen LogP contribution in [0.25, 0.3) is 0 Å². The van der Waals surface area contributed by atoms with Gasteiger partial charge in [0.25, 0.3) is 0 Å². The highest BCUT2D eigenvalue weighted by molar-refractivity contribution is 5.79. The standard InChI is InChI=1S/C13H14F3NO2/c14-13(15,16)10-3-1-9(2-4-10)7-12(19)17-6-5-11(18)8-17/h1-4,11,18H,5-8H2/t11-/m1/s1. The van der Waals surface area contributed by atoms with E-state index in [2.05, 4.69) is 0 Å². The van der Waals surface area contributed by atoms with Crippen molar-refractivity contribution in [2.75, 3.05) is 13.1 Å². The molecule has 1 fully saturated rings. The van der Waals surface area contributed by atoms with Crippen LogP contribution in [0, 0.1) is 0 Å². The van der Waals surface area contributed by atoms with Crippen LogP contribution in [-0.2, 0) is 17.4 Å². The van der Waals surface area contributed by atoms with Gasteiger partial charge in [-0.15, -0.1) is 0 Å². The number of β-amino-alcohol motifs (C(OH)–C–C–N with tert-alkyl or cyclic N) is 1. The first-order chi connectivity index (χ1) is 8.86. The minimum Gasteiger partial charge on any atom is -0.391 e. The molecule has 0 radical (unpaired) electrons. The van der Waals surface area contributed by atoms with Crippen LogP contribution < -0.4 is 0 Å². The van der Waals surface area contributed by atoms with Crippen molar-refractivity contribution in [2.24, 2.45) is 0 Å². The Bertz CT molecular complexity index is 456. The molecule has 3 nitrogen and oxygen atoms in total. The number of hydrogen-bond donors (Lipinski definition) is 1. The van der Waals surface area contributed by atoms with Gasteiger partial charge in [-0.05, 0) is 24.1 Å². The molecule has 0 bridgehead atoms. The number of carbonyl (C=O) groups excluding carboxylic acids is 1. The maximum atomic E-state index is 12.4. The lowest BCUT2D eigenvalue weighted by atomic mass is 10.1. The maximum absolute atomic E-state index is 12.4. The van der Waals surface area contributed by atoms with E-state index in [0.29, 0.717) is 25.1 Å². The van der Waals surface area contributed by atoms with Gasteiger partial charge in [-0.25, -0.2) is 0 Å². The second-order valence-electron chi connectivity index (χ2n) is 4.65. The van der Waals surface area contributed by atoms with E-state index < -0.39 is 17.8 Å². The van der Waals surface area contributed by atoms with Crippen molar-refractivity contribution in [3.63, 3.8) is 0 Å². The summed E-state index contributed by atoms with van der Waals surface area (Å²) in [6.45, 7) is 0.806. The molecule has 0 unspecified atom stereocenters. The number of alkyl halides is 3. The number of hydrogen-bond acceptors (Lipinski definition) is 2. The minimum atomic E-state index is -4.36. The molecule has 1 saturated heterocycles. The largest absolute Gasteiger partial charge is 0.416 e. The van der Waals surface area contributed by atoms with E-state index in [1.165, 1.54) is 17.0 Å². The lowest BCUT2D eigenvalue weighted by Gasteiger charge is -2.15. The summed E-state index contributed by atoms with van der Waals surface area (Å²) >= 11 is 0. The Balaban J connectivity index is 1.98. The number of nitrogens with zero attached hydrogens (tertiary/aromatic N) is 1. The molecule has 19 heavy (non-hydrogen) atoms. The summed E-state index contributed by atoms with van der Waals surface area (Å²) in [5.74, 6) is -0.170. The van der Waals surface area contributed by atoms with E-state index in [1.54, 1.807) is 0 Å². The molecule has 1 aliphatic heterocycles. The van der Waals surface area contributed by atoms with Crippen LogP contribution in [-0.4, -0.2) is 35.1 Å². The summed E-state index contributed by atoms with van der Waals surface area (Å²) in [6, 6.07) is 4.57. The molecule has 1 heterocycles. The smallest absolute Gasteiger partial charge is 0.391 e. The third-order valence-corrected chi connectivity index (χ3v) is 3.15. The minimum absolute atomic E-state index is 0.0604. The first-order valence-corrected chi connectivity index (χ1v) is 5.98. The molecule has 1 N–H and O–H groups in total. The fraction of sp³-hybridized carbons (Fsp3) is 0.462. The predicted molar refractivity (Wildman–Crippen MR) is 62.4 cm³/mol. The van der Waals surface area contributed by atoms with Crippen molar-refractivity contribution in [3.8, 4) is 0 Å². The van der Waals surface area contributed by atoms with Gasteiger partial charge in [-0.3, -0.25) is 4.79 Å². The first-order valence-electron chi connectivity index (χ1n) is 5.98. The maximum Gasteiger partial charge on any atom is 0.416 e. The Morgan fingerprint density at radius 2 is 1.95 bits per heavy atom. The average Bonchev–Trinajstić information content (AvgIpc) is 2.75. The van der Waals surface area contributed by atoms with Crippen molar-refractivity contribution >= 4 is 5.91 Å². The van der Waals surface area contributed by atoms with Crippen molar-refractivity contribution in [1.82, 2.24) is 4.90 Å². The number of carbonyl (C=O) groups is 1. The highest BCUT2D eigenvalue weighted by Crippen LogP contribution is 2.29. The molecule has 0 saturated carbocycles. The van der Waals surface area contributed by atoms with Crippen molar-refractivity contribution in [1.29, 1.82) is 0 Å². The summed E-state index contributed by atoms with van der Waals surface area (Å²) < 4.78 is 37.1. The van der Waals surface area contributed by atoms with Crippen LogP contribution in [0.5, 0.6) is 0 Å². The van der Waals surface area contributed by atoms with Crippen LogP contribution in [0.4, 0.5) is 13.2 Å². The zero-order valence-corrected chi connectivity index (χ0v) is 10.2. The van der Waals surface area contributed by atoms with Crippen LogP contribution in [0.2, 0.25) is 0 Å². The lowest BCUT2D eigenvalue weighted by molar-refractivity contribution is -0.137. The highest BCUT2D eigenvalue weighted by atomic mass is 19.4. The third-order valence-electron chi connectivity index (χ3n) is 3.15. The van der Waals surface area contributed by atoms with Gasteiger partial charge in [0.15, 0.2) is 0 Å². The fourth-order valence-corrected chi connectivity index (χ4v) is 2.07. The Morgan fingerprint density at radius 3 is 2.42 bits per heavy atom. The first kappa shape index (κ1) is 13.9.